The van der Waals surface area contributed by atoms with Crippen molar-refractivity contribution in [2.24, 2.45) is 0 Å². The van der Waals surface area contributed by atoms with E-state index in [0.717, 1.165) is 12.8 Å². The van der Waals surface area contributed by atoms with Gasteiger partial charge in [-0.05, 0) is 12.8 Å². The van der Waals surface area contributed by atoms with Crippen molar-refractivity contribution >= 4 is 16.9 Å². The molecule has 1 fully saturated rings. The molecule has 1 nitrogen and oxygen atoms in total. The normalized spacial score (nSPS) is 23.4. The minimum atomic E-state index is 0.412. The Kier molecular flexibility index (Phi) is 4.74. The van der Waals surface area contributed by atoms with Gasteiger partial charge in [-0.1, -0.05) is 44.4 Å². The van der Waals surface area contributed by atoms with Crippen molar-refractivity contribution in [2.45, 2.75) is 57.1 Å². The average Bonchev–Trinajstić information content (AvgIpc) is 2.45. The van der Waals surface area contributed by atoms with Crippen LogP contribution in [0.5, 0.6) is 0 Å². The molecule has 0 N–H and O–H groups in total. The van der Waals surface area contributed by atoms with Crippen LogP contribution in [-0.4, -0.2) is 10.4 Å². The third kappa shape index (κ3) is 3.61. The van der Waals surface area contributed by atoms with Crippen molar-refractivity contribution in [1.29, 1.82) is 0 Å². The molecule has 70 valence electrons. The zero-order valence-corrected chi connectivity index (χ0v) is 8.66. The number of thioether (sulfide) groups is 1. The van der Waals surface area contributed by atoms with Crippen LogP contribution in [0.25, 0.3) is 0 Å². The highest BCUT2D eigenvalue weighted by Gasteiger charge is 2.21. The SMILES string of the molecule is CCCCCC[C@@H]1CCC(=O)S1. The molecule has 2 heteroatoms. The molecule has 0 spiro atoms. The quantitative estimate of drug-likeness (QED) is 0.612. The maximum atomic E-state index is 10.9. The fourth-order valence-corrected chi connectivity index (χ4v) is 2.71. The van der Waals surface area contributed by atoms with Gasteiger partial charge in [0.15, 0.2) is 5.12 Å². The summed E-state index contributed by atoms with van der Waals surface area (Å²) < 4.78 is 0. The van der Waals surface area contributed by atoms with Gasteiger partial charge in [0.25, 0.3) is 0 Å². The molecule has 0 aromatic heterocycles. The topological polar surface area (TPSA) is 17.1 Å². The Morgan fingerprint density at radius 2 is 2.25 bits per heavy atom. The smallest absolute Gasteiger partial charge is 0.189 e. The lowest BCUT2D eigenvalue weighted by Crippen LogP contribution is -1.95. The minimum absolute atomic E-state index is 0.412. The lowest BCUT2D eigenvalue weighted by molar-refractivity contribution is -0.110. The van der Waals surface area contributed by atoms with E-state index in [1.54, 1.807) is 11.8 Å². The second-order valence-electron chi connectivity index (χ2n) is 3.50. The average molecular weight is 186 g/mol. The number of rotatable bonds is 5. The Bertz CT molecular complexity index is 145. The third-order valence-electron chi connectivity index (χ3n) is 2.35. The fraction of sp³-hybridized carbons (Fsp3) is 0.900. The standard InChI is InChI=1S/C10H18OS/c1-2-3-4-5-6-9-7-8-10(11)12-9/h9H,2-8H2,1H3/t9-/m1/s1. The molecule has 0 aliphatic carbocycles. The highest BCUT2D eigenvalue weighted by atomic mass is 32.2. The van der Waals surface area contributed by atoms with Gasteiger partial charge in [0.05, 0.1) is 0 Å². The molecule has 0 aromatic rings. The van der Waals surface area contributed by atoms with E-state index >= 15 is 0 Å². The summed E-state index contributed by atoms with van der Waals surface area (Å²) in [5.74, 6) is 0. The molecule has 0 radical (unpaired) electrons. The Hall–Kier alpha value is 0.0200. The first kappa shape index (κ1) is 10.1. The van der Waals surface area contributed by atoms with Crippen LogP contribution in [0, 0.1) is 0 Å². The molecule has 1 saturated heterocycles. The van der Waals surface area contributed by atoms with E-state index in [9.17, 15) is 4.79 Å². The van der Waals surface area contributed by atoms with Crippen LogP contribution in [0.1, 0.15) is 51.9 Å². The molecule has 0 unspecified atom stereocenters. The summed E-state index contributed by atoms with van der Waals surface area (Å²) in [6.07, 6.45) is 8.54. The van der Waals surface area contributed by atoms with Crippen molar-refractivity contribution < 1.29 is 4.79 Å². The minimum Gasteiger partial charge on any atom is -0.287 e. The van der Waals surface area contributed by atoms with E-state index in [-0.39, 0.29) is 0 Å². The number of carbonyl (C=O) groups excluding carboxylic acids is 1. The van der Waals surface area contributed by atoms with Crippen LogP contribution < -0.4 is 0 Å². The van der Waals surface area contributed by atoms with Gasteiger partial charge in [-0.3, -0.25) is 4.79 Å². The first-order valence-electron chi connectivity index (χ1n) is 5.02. The van der Waals surface area contributed by atoms with E-state index in [1.807, 2.05) is 0 Å². The van der Waals surface area contributed by atoms with Gasteiger partial charge in [0, 0.05) is 11.7 Å². The second-order valence-corrected chi connectivity index (χ2v) is 4.86. The van der Waals surface area contributed by atoms with Crippen LogP contribution in [-0.2, 0) is 4.79 Å². The van der Waals surface area contributed by atoms with Crippen LogP contribution >= 0.6 is 11.8 Å². The fourth-order valence-electron chi connectivity index (χ4n) is 1.58. The molecule has 0 aromatic carbocycles. The molecular formula is C10H18OS. The van der Waals surface area contributed by atoms with Gasteiger partial charge in [-0.2, -0.15) is 0 Å². The van der Waals surface area contributed by atoms with Gasteiger partial charge in [-0.25, -0.2) is 0 Å². The molecule has 1 heterocycles. The highest BCUT2D eigenvalue weighted by Crippen LogP contribution is 2.31. The van der Waals surface area contributed by atoms with Gasteiger partial charge in [0.2, 0.25) is 0 Å². The van der Waals surface area contributed by atoms with Crippen LogP contribution in [0.3, 0.4) is 0 Å². The Labute approximate surface area is 79.3 Å². The molecule has 0 saturated carbocycles. The van der Waals surface area contributed by atoms with Crippen LogP contribution in [0.4, 0.5) is 0 Å². The molecule has 0 amide bonds. The lowest BCUT2D eigenvalue weighted by atomic mass is 10.1. The summed E-state index contributed by atoms with van der Waals surface area (Å²) in [6, 6.07) is 0. The summed E-state index contributed by atoms with van der Waals surface area (Å²) in [5.41, 5.74) is 0. The van der Waals surface area contributed by atoms with E-state index in [2.05, 4.69) is 6.92 Å². The first-order chi connectivity index (χ1) is 5.83. The van der Waals surface area contributed by atoms with Crippen molar-refractivity contribution in [3.8, 4) is 0 Å². The monoisotopic (exact) mass is 186 g/mol. The van der Waals surface area contributed by atoms with E-state index < -0.39 is 0 Å². The van der Waals surface area contributed by atoms with Crippen LogP contribution in [0.15, 0.2) is 0 Å². The molecule has 1 aliphatic heterocycles. The highest BCUT2D eigenvalue weighted by molar-refractivity contribution is 8.14. The maximum Gasteiger partial charge on any atom is 0.189 e. The molecule has 1 atom stereocenters. The van der Waals surface area contributed by atoms with E-state index in [0.29, 0.717) is 10.4 Å². The van der Waals surface area contributed by atoms with Gasteiger partial charge in [0.1, 0.15) is 0 Å². The summed E-state index contributed by atoms with van der Waals surface area (Å²) in [7, 11) is 0. The molecule has 1 rings (SSSR count). The largest absolute Gasteiger partial charge is 0.287 e. The van der Waals surface area contributed by atoms with Gasteiger partial charge < -0.3 is 0 Å². The Balaban J connectivity index is 1.97. The summed E-state index contributed by atoms with van der Waals surface area (Å²) in [5, 5.41) is 1.07. The number of hydrogen-bond donors (Lipinski definition) is 0. The Morgan fingerprint density at radius 3 is 2.83 bits per heavy atom. The number of carbonyl (C=O) groups is 1. The molecule has 0 bridgehead atoms. The van der Waals surface area contributed by atoms with Gasteiger partial charge in [-0.15, -0.1) is 0 Å². The molecular weight excluding hydrogens is 168 g/mol. The maximum absolute atomic E-state index is 10.9. The Morgan fingerprint density at radius 1 is 1.42 bits per heavy atom. The second kappa shape index (κ2) is 5.63. The van der Waals surface area contributed by atoms with Crippen molar-refractivity contribution in [3.05, 3.63) is 0 Å². The van der Waals surface area contributed by atoms with Gasteiger partial charge >= 0.3 is 0 Å². The van der Waals surface area contributed by atoms with Crippen LogP contribution in [0.2, 0.25) is 0 Å². The third-order valence-corrected chi connectivity index (χ3v) is 3.62. The van der Waals surface area contributed by atoms with Crippen molar-refractivity contribution in [1.82, 2.24) is 0 Å². The summed E-state index contributed by atoms with van der Waals surface area (Å²) in [4.78, 5) is 10.9. The zero-order chi connectivity index (χ0) is 8.81. The van der Waals surface area contributed by atoms with E-state index in [1.165, 1.54) is 32.1 Å². The summed E-state index contributed by atoms with van der Waals surface area (Å²) >= 11 is 1.58. The van der Waals surface area contributed by atoms with E-state index in [4.69, 9.17) is 0 Å². The first-order valence-corrected chi connectivity index (χ1v) is 5.90. The summed E-state index contributed by atoms with van der Waals surface area (Å²) in [6.45, 7) is 2.23. The molecule has 12 heavy (non-hydrogen) atoms. The molecule has 1 aliphatic rings. The zero-order valence-electron chi connectivity index (χ0n) is 7.84. The van der Waals surface area contributed by atoms with Crippen molar-refractivity contribution in [3.63, 3.8) is 0 Å². The number of hydrogen-bond acceptors (Lipinski definition) is 2. The lowest BCUT2D eigenvalue weighted by Gasteiger charge is -2.05. The predicted molar refractivity (Wildman–Crippen MR) is 54.4 cm³/mol. The predicted octanol–water partition coefficient (Wildman–Crippen LogP) is 3.38. The van der Waals surface area contributed by atoms with Crippen molar-refractivity contribution in [2.75, 3.05) is 0 Å². The number of unbranched alkanes of at least 4 members (excludes halogenated alkanes) is 3.